The van der Waals surface area contributed by atoms with Crippen LogP contribution in [0.15, 0.2) is 11.6 Å². The van der Waals surface area contributed by atoms with Crippen LogP contribution in [-0.4, -0.2) is 42.2 Å². The molecule has 2 heterocycles. The maximum atomic E-state index is 4.38. The summed E-state index contributed by atoms with van der Waals surface area (Å²) in [6, 6.07) is 1.31. The summed E-state index contributed by atoms with van der Waals surface area (Å²) in [5, 5.41) is 6.96. The van der Waals surface area contributed by atoms with Crippen molar-refractivity contribution < 1.29 is 0 Å². The predicted molar refractivity (Wildman–Crippen MR) is 78.3 cm³/mol. The van der Waals surface area contributed by atoms with E-state index < -0.39 is 0 Å². The van der Waals surface area contributed by atoms with Gasteiger partial charge in [-0.25, -0.2) is 4.98 Å². The molecular weight excluding hydrogens is 250 g/mol. The summed E-state index contributed by atoms with van der Waals surface area (Å²) < 4.78 is 0. The molecule has 1 saturated heterocycles. The average molecular weight is 271 g/mol. The second-order valence-corrected chi connectivity index (χ2v) is 6.38. The van der Waals surface area contributed by atoms with Crippen LogP contribution < -0.4 is 10.2 Å². The van der Waals surface area contributed by atoms with Gasteiger partial charge in [-0.2, -0.15) is 11.8 Å². The number of nitrogens with one attached hydrogen (secondary N) is 1. The van der Waals surface area contributed by atoms with Gasteiger partial charge in [0.15, 0.2) is 5.13 Å². The van der Waals surface area contributed by atoms with Gasteiger partial charge >= 0.3 is 0 Å². The average Bonchev–Trinajstić information content (AvgIpc) is 2.84. The molecule has 0 bridgehead atoms. The number of nitrogens with zero attached hydrogens (tertiary/aromatic N) is 2. The minimum Gasteiger partial charge on any atom is -0.348 e. The standard InChI is InChI=1S/C12H21N3S2/c1-10(9-16-2)14-11-3-6-15(7-4-11)12-13-5-8-17-12/h5,8,10-11,14H,3-4,6-7,9H2,1-2H3/t10-/m1/s1. The van der Waals surface area contributed by atoms with E-state index in [-0.39, 0.29) is 0 Å². The van der Waals surface area contributed by atoms with Gasteiger partial charge in [-0.1, -0.05) is 0 Å². The largest absolute Gasteiger partial charge is 0.348 e. The highest BCUT2D eigenvalue weighted by atomic mass is 32.2. The van der Waals surface area contributed by atoms with Crippen LogP contribution in [0.5, 0.6) is 0 Å². The minimum absolute atomic E-state index is 0.626. The SMILES string of the molecule is CSC[C@@H](C)NC1CCN(c2nccs2)CC1. The van der Waals surface area contributed by atoms with E-state index in [1.807, 2.05) is 18.0 Å². The van der Waals surface area contributed by atoms with Crippen LogP contribution in [0.2, 0.25) is 0 Å². The molecule has 1 aliphatic rings. The molecule has 1 fully saturated rings. The Kier molecular flexibility index (Phi) is 5.13. The van der Waals surface area contributed by atoms with Crippen LogP contribution in [-0.2, 0) is 0 Å². The third-order valence-corrected chi connectivity index (χ3v) is 4.79. The monoisotopic (exact) mass is 271 g/mol. The second-order valence-electron chi connectivity index (χ2n) is 4.60. The number of anilines is 1. The lowest BCUT2D eigenvalue weighted by Gasteiger charge is -2.33. The van der Waals surface area contributed by atoms with Crippen LogP contribution >= 0.6 is 23.1 Å². The molecule has 0 saturated carbocycles. The number of thiazole rings is 1. The lowest BCUT2D eigenvalue weighted by atomic mass is 10.0. The van der Waals surface area contributed by atoms with Crippen LogP contribution in [0.1, 0.15) is 19.8 Å². The molecule has 1 aromatic rings. The number of hydrogen-bond acceptors (Lipinski definition) is 5. The van der Waals surface area contributed by atoms with Crippen molar-refractivity contribution in [3.05, 3.63) is 11.6 Å². The highest BCUT2D eigenvalue weighted by Crippen LogP contribution is 2.22. The number of piperidine rings is 1. The van der Waals surface area contributed by atoms with Gasteiger partial charge in [-0.3, -0.25) is 0 Å². The van der Waals surface area contributed by atoms with Crippen molar-refractivity contribution in [2.45, 2.75) is 31.8 Å². The first kappa shape index (κ1) is 13.2. The molecule has 1 N–H and O–H groups in total. The van der Waals surface area contributed by atoms with Crippen LogP contribution in [0.4, 0.5) is 5.13 Å². The zero-order chi connectivity index (χ0) is 12.1. The Morgan fingerprint density at radius 3 is 2.94 bits per heavy atom. The molecule has 2 rings (SSSR count). The van der Waals surface area contributed by atoms with Gasteiger partial charge in [0.2, 0.25) is 0 Å². The molecule has 96 valence electrons. The Hall–Kier alpha value is -0.260. The van der Waals surface area contributed by atoms with Crippen molar-refractivity contribution in [1.82, 2.24) is 10.3 Å². The quantitative estimate of drug-likeness (QED) is 0.890. The van der Waals surface area contributed by atoms with Crippen molar-refractivity contribution in [3.63, 3.8) is 0 Å². The first-order valence-electron chi connectivity index (χ1n) is 6.19. The fourth-order valence-corrected chi connectivity index (χ4v) is 3.60. The van der Waals surface area contributed by atoms with Crippen LogP contribution in [0, 0.1) is 0 Å². The van der Waals surface area contributed by atoms with E-state index in [1.165, 1.54) is 23.7 Å². The smallest absolute Gasteiger partial charge is 0.185 e. The Balaban J connectivity index is 1.74. The van der Waals surface area contributed by atoms with E-state index in [0.717, 1.165) is 13.1 Å². The minimum atomic E-state index is 0.626. The molecule has 0 aromatic carbocycles. The van der Waals surface area contributed by atoms with Crippen LogP contribution in [0.3, 0.4) is 0 Å². The number of aromatic nitrogens is 1. The Morgan fingerprint density at radius 2 is 2.35 bits per heavy atom. The van der Waals surface area contributed by atoms with E-state index in [4.69, 9.17) is 0 Å². The van der Waals surface area contributed by atoms with E-state index in [1.54, 1.807) is 11.3 Å². The first-order valence-corrected chi connectivity index (χ1v) is 8.46. The highest BCUT2D eigenvalue weighted by Gasteiger charge is 2.21. The molecule has 1 aromatic heterocycles. The third-order valence-electron chi connectivity index (χ3n) is 3.12. The molecule has 5 heteroatoms. The van der Waals surface area contributed by atoms with Gasteiger partial charge in [0.1, 0.15) is 0 Å². The maximum absolute atomic E-state index is 4.38. The molecule has 0 amide bonds. The lowest BCUT2D eigenvalue weighted by molar-refractivity contribution is 0.389. The van der Waals surface area contributed by atoms with Crippen molar-refractivity contribution in [3.8, 4) is 0 Å². The number of hydrogen-bond donors (Lipinski definition) is 1. The van der Waals surface area contributed by atoms with E-state index >= 15 is 0 Å². The fraction of sp³-hybridized carbons (Fsp3) is 0.750. The Bertz CT molecular complexity index is 308. The summed E-state index contributed by atoms with van der Waals surface area (Å²) in [5.41, 5.74) is 0. The summed E-state index contributed by atoms with van der Waals surface area (Å²) in [4.78, 5) is 6.78. The normalized spacial score (nSPS) is 19.5. The molecule has 1 atom stereocenters. The lowest BCUT2D eigenvalue weighted by Crippen LogP contribution is -2.46. The second kappa shape index (κ2) is 6.61. The van der Waals surface area contributed by atoms with Gasteiger partial charge in [-0.05, 0) is 26.0 Å². The molecule has 0 unspecified atom stereocenters. The first-order chi connectivity index (χ1) is 8.29. The Morgan fingerprint density at radius 1 is 1.59 bits per heavy atom. The Labute approximate surface area is 112 Å². The molecule has 1 aliphatic heterocycles. The fourth-order valence-electron chi connectivity index (χ4n) is 2.31. The summed E-state index contributed by atoms with van der Waals surface area (Å²) in [7, 11) is 0. The number of rotatable bonds is 5. The van der Waals surface area contributed by atoms with Gasteiger partial charge in [-0.15, -0.1) is 11.3 Å². The zero-order valence-electron chi connectivity index (χ0n) is 10.6. The molecule has 0 aliphatic carbocycles. The summed E-state index contributed by atoms with van der Waals surface area (Å²) in [5.74, 6) is 1.20. The highest BCUT2D eigenvalue weighted by molar-refractivity contribution is 7.98. The van der Waals surface area contributed by atoms with Crippen molar-refractivity contribution in [1.29, 1.82) is 0 Å². The van der Waals surface area contributed by atoms with E-state index in [2.05, 4.69) is 33.8 Å². The van der Waals surface area contributed by atoms with Crippen molar-refractivity contribution in [2.75, 3.05) is 30.0 Å². The third kappa shape index (κ3) is 3.86. The van der Waals surface area contributed by atoms with Crippen molar-refractivity contribution >= 4 is 28.2 Å². The van der Waals surface area contributed by atoms with Gasteiger partial charge < -0.3 is 10.2 Å². The predicted octanol–water partition coefficient (Wildman–Crippen LogP) is 2.45. The molecule has 0 radical (unpaired) electrons. The summed E-state index contributed by atoms with van der Waals surface area (Å²) >= 11 is 3.66. The van der Waals surface area contributed by atoms with E-state index in [9.17, 15) is 0 Å². The van der Waals surface area contributed by atoms with Crippen molar-refractivity contribution in [2.24, 2.45) is 0 Å². The summed E-state index contributed by atoms with van der Waals surface area (Å²) in [6.45, 7) is 4.55. The number of thioether (sulfide) groups is 1. The molecule has 3 nitrogen and oxygen atoms in total. The topological polar surface area (TPSA) is 28.2 Å². The summed E-state index contributed by atoms with van der Waals surface area (Å²) in [6.07, 6.45) is 6.53. The zero-order valence-corrected chi connectivity index (χ0v) is 12.2. The van der Waals surface area contributed by atoms with Gasteiger partial charge in [0, 0.05) is 42.5 Å². The van der Waals surface area contributed by atoms with Crippen LogP contribution in [0.25, 0.3) is 0 Å². The van der Waals surface area contributed by atoms with Gasteiger partial charge in [0.05, 0.1) is 0 Å². The van der Waals surface area contributed by atoms with Gasteiger partial charge in [0.25, 0.3) is 0 Å². The molecule has 17 heavy (non-hydrogen) atoms. The molecule has 0 spiro atoms. The van der Waals surface area contributed by atoms with E-state index in [0.29, 0.717) is 12.1 Å². The maximum Gasteiger partial charge on any atom is 0.185 e. The molecular formula is C12H21N3S2.